The molecule has 0 amide bonds. The Balaban J connectivity index is 2.03. The average Bonchev–Trinajstić information content (AvgIpc) is 2.31. The molecular formula is C14H22O4. The zero-order chi connectivity index (χ0) is 13.0. The van der Waals surface area contributed by atoms with Crippen molar-refractivity contribution in [3.05, 3.63) is 12.2 Å². The molecule has 4 nitrogen and oxygen atoms in total. The molecule has 0 saturated carbocycles. The molecule has 2 bridgehead atoms. The van der Waals surface area contributed by atoms with E-state index in [9.17, 15) is 9.90 Å². The summed E-state index contributed by atoms with van der Waals surface area (Å²) < 4.78 is 11.0. The first kappa shape index (κ1) is 13.6. The summed E-state index contributed by atoms with van der Waals surface area (Å²) in [5, 5.41) is 9.85. The first-order chi connectivity index (χ1) is 8.65. The molecule has 1 N–H and O–H groups in total. The summed E-state index contributed by atoms with van der Waals surface area (Å²) in [5.41, 5.74) is 0. The van der Waals surface area contributed by atoms with Crippen LogP contribution in [0.5, 0.6) is 0 Å². The van der Waals surface area contributed by atoms with E-state index in [-0.39, 0.29) is 24.6 Å². The molecular weight excluding hydrogens is 232 g/mol. The van der Waals surface area contributed by atoms with Crippen LogP contribution in [0.3, 0.4) is 0 Å². The largest absolute Gasteiger partial charge is 0.463 e. The molecule has 4 atom stereocenters. The van der Waals surface area contributed by atoms with Crippen molar-refractivity contribution in [3.8, 4) is 0 Å². The molecule has 0 spiro atoms. The van der Waals surface area contributed by atoms with Crippen LogP contribution in [0, 0.1) is 0 Å². The topological polar surface area (TPSA) is 55.8 Å². The number of esters is 1. The lowest BCUT2D eigenvalue weighted by molar-refractivity contribution is -0.160. The van der Waals surface area contributed by atoms with Crippen molar-refractivity contribution in [2.24, 2.45) is 0 Å². The lowest BCUT2D eigenvalue weighted by Gasteiger charge is -2.32. The number of allylic oxidation sites excluding steroid dienone is 1. The maximum Gasteiger partial charge on any atom is 0.308 e. The molecule has 2 aliphatic heterocycles. The Morgan fingerprint density at radius 2 is 2.17 bits per heavy atom. The molecule has 102 valence electrons. The minimum absolute atomic E-state index is 0.0306. The predicted molar refractivity (Wildman–Crippen MR) is 67.1 cm³/mol. The van der Waals surface area contributed by atoms with Crippen molar-refractivity contribution in [2.75, 3.05) is 0 Å². The standard InChI is InChI=1S/C14H22O4/c1-10-5-3-2-4-6-11-7-8-12(15)13(18-11)9-14(16)17-10/h4,6,10-13,15H,2-3,5,7-9H2,1H3/b6-4+/t10-,11+,12-,13+/m0/s1. The number of carbonyl (C=O) groups is 1. The number of rotatable bonds is 0. The lowest BCUT2D eigenvalue weighted by Crippen LogP contribution is -2.40. The van der Waals surface area contributed by atoms with Gasteiger partial charge in [-0.1, -0.05) is 12.2 Å². The summed E-state index contributed by atoms with van der Waals surface area (Å²) in [5.74, 6) is -0.267. The van der Waals surface area contributed by atoms with E-state index in [2.05, 4.69) is 12.2 Å². The molecule has 0 aromatic rings. The Bertz CT molecular complexity index is 313. The number of aliphatic hydroxyl groups is 1. The highest BCUT2D eigenvalue weighted by Gasteiger charge is 2.31. The van der Waals surface area contributed by atoms with Crippen molar-refractivity contribution < 1.29 is 19.4 Å². The van der Waals surface area contributed by atoms with Gasteiger partial charge in [-0.15, -0.1) is 0 Å². The number of hydrogen-bond donors (Lipinski definition) is 1. The van der Waals surface area contributed by atoms with Gasteiger partial charge in [-0.05, 0) is 39.0 Å². The van der Waals surface area contributed by atoms with Crippen molar-refractivity contribution in [3.63, 3.8) is 0 Å². The number of aliphatic hydroxyl groups excluding tert-OH is 1. The Morgan fingerprint density at radius 3 is 3.00 bits per heavy atom. The average molecular weight is 254 g/mol. The molecule has 1 fully saturated rings. The summed E-state index contributed by atoms with van der Waals surface area (Å²) in [4.78, 5) is 11.7. The van der Waals surface area contributed by atoms with Gasteiger partial charge < -0.3 is 14.6 Å². The van der Waals surface area contributed by atoms with Crippen molar-refractivity contribution in [1.82, 2.24) is 0 Å². The van der Waals surface area contributed by atoms with E-state index >= 15 is 0 Å². The van der Waals surface area contributed by atoms with Gasteiger partial charge in [0.1, 0.15) is 0 Å². The molecule has 18 heavy (non-hydrogen) atoms. The van der Waals surface area contributed by atoms with Crippen LogP contribution < -0.4 is 0 Å². The van der Waals surface area contributed by atoms with Crippen LogP contribution in [0.1, 0.15) is 45.4 Å². The van der Waals surface area contributed by atoms with E-state index in [1.165, 1.54) is 0 Å². The number of hydrogen-bond acceptors (Lipinski definition) is 4. The maximum absolute atomic E-state index is 11.7. The molecule has 2 aliphatic rings. The molecule has 0 radical (unpaired) electrons. The van der Waals surface area contributed by atoms with Gasteiger partial charge in [0.2, 0.25) is 0 Å². The monoisotopic (exact) mass is 254 g/mol. The van der Waals surface area contributed by atoms with Crippen LogP contribution >= 0.6 is 0 Å². The Hall–Kier alpha value is -0.870. The number of cyclic esters (lactones) is 1. The molecule has 0 aromatic carbocycles. The smallest absolute Gasteiger partial charge is 0.308 e. The number of fused-ring (bicyclic) bond motifs is 2. The molecule has 4 heteroatoms. The minimum atomic E-state index is -0.555. The molecule has 1 saturated heterocycles. The normalized spacial score (nSPS) is 40.2. The van der Waals surface area contributed by atoms with Gasteiger partial charge in [-0.3, -0.25) is 4.79 Å². The third kappa shape index (κ3) is 3.82. The summed E-state index contributed by atoms with van der Waals surface area (Å²) in [6.45, 7) is 1.91. The summed E-state index contributed by atoms with van der Waals surface area (Å²) in [6, 6.07) is 0. The fourth-order valence-electron chi connectivity index (χ4n) is 2.50. The second-order valence-electron chi connectivity index (χ2n) is 5.22. The van der Waals surface area contributed by atoms with Gasteiger partial charge in [-0.2, -0.15) is 0 Å². The predicted octanol–water partition coefficient (Wildman–Crippen LogP) is 1.96. The quantitative estimate of drug-likeness (QED) is 0.530. The second-order valence-corrected chi connectivity index (χ2v) is 5.22. The minimum Gasteiger partial charge on any atom is -0.463 e. The molecule has 0 aromatic heterocycles. The summed E-state index contributed by atoms with van der Waals surface area (Å²) >= 11 is 0. The summed E-state index contributed by atoms with van der Waals surface area (Å²) in [7, 11) is 0. The first-order valence-corrected chi connectivity index (χ1v) is 6.85. The van der Waals surface area contributed by atoms with Gasteiger partial charge in [0.15, 0.2) is 0 Å². The van der Waals surface area contributed by atoms with Gasteiger partial charge in [0.05, 0.1) is 30.8 Å². The molecule has 0 unspecified atom stereocenters. The van der Waals surface area contributed by atoms with Crippen LogP contribution in [0.2, 0.25) is 0 Å². The van der Waals surface area contributed by atoms with Crippen LogP contribution in [-0.2, 0) is 14.3 Å². The van der Waals surface area contributed by atoms with Crippen LogP contribution in [0.25, 0.3) is 0 Å². The number of carbonyl (C=O) groups excluding carboxylic acids is 1. The van der Waals surface area contributed by atoms with Gasteiger partial charge >= 0.3 is 5.97 Å². The molecule has 0 aliphatic carbocycles. The second kappa shape index (κ2) is 6.34. The third-order valence-corrected chi connectivity index (χ3v) is 3.56. The van der Waals surface area contributed by atoms with E-state index in [1.54, 1.807) is 0 Å². The first-order valence-electron chi connectivity index (χ1n) is 6.85. The third-order valence-electron chi connectivity index (χ3n) is 3.56. The van der Waals surface area contributed by atoms with Crippen LogP contribution in [-0.4, -0.2) is 35.5 Å². The highest BCUT2D eigenvalue weighted by Crippen LogP contribution is 2.24. The summed E-state index contributed by atoms with van der Waals surface area (Å²) in [6.07, 6.45) is 7.73. The van der Waals surface area contributed by atoms with Gasteiger partial charge in [-0.25, -0.2) is 0 Å². The highest BCUT2D eigenvalue weighted by atomic mass is 16.5. The highest BCUT2D eigenvalue weighted by molar-refractivity contribution is 5.70. The molecule has 2 rings (SSSR count). The van der Waals surface area contributed by atoms with Crippen molar-refractivity contribution in [1.29, 1.82) is 0 Å². The Labute approximate surface area is 108 Å². The van der Waals surface area contributed by atoms with E-state index in [0.29, 0.717) is 6.42 Å². The van der Waals surface area contributed by atoms with E-state index in [1.807, 2.05) is 6.92 Å². The van der Waals surface area contributed by atoms with E-state index in [4.69, 9.17) is 9.47 Å². The van der Waals surface area contributed by atoms with Crippen molar-refractivity contribution in [2.45, 2.75) is 69.9 Å². The Kier molecular flexibility index (Phi) is 4.78. The fraction of sp³-hybridized carbons (Fsp3) is 0.786. The van der Waals surface area contributed by atoms with Crippen LogP contribution in [0.4, 0.5) is 0 Å². The Morgan fingerprint density at radius 1 is 1.33 bits per heavy atom. The molecule has 2 heterocycles. The van der Waals surface area contributed by atoms with E-state index < -0.39 is 12.2 Å². The fourth-order valence-corrected chi connectivity index (χ4v) is 2.50. The lowest BCUT2D eigenvalue weighted by atomic mass is 9.98. The van der Waals surface area contributed by atoms with Crippen molar-refractivity contribution >= 4 is 5.97 Å². The maximum atomic E-state index is 11.7. The number of ether oxygens (including phenoxy) is 2. The van der Waals surface area contributed by atoms with Gasteiger partial charge in [0, 0.05) is 0 Å². The zero-order valence-electron chi connectivity index (χ0n) is 10.9. The van der Waals surface area contributed by atoms with E-state index in [0.717, 1.165) is 25.7 Å². The van der Waals surface area contributed by atoms with Gasteiger partial charge in [0.25, 0.3) is 0 Å². The SMILES string of the molecule is C[C@H]1CCC/C=C/[C@@H]2CC[C@H](O)[C@@H](CC(=O)O1)O2. The zero-order valence-corrected chi connectivity index (χ0v) is 10.9. The van der Waals surface area contributed by atoms with Crippen LogP contribution in [0.15, 0.2) is 12.2 Å².